The molecule has 3 N–H and O–H groups in total. The van der Waals surface area contributed by atoms with Crippen molar-refractivity contribution in [3.63, 3.8) is 0 Å². The zero-order chi connectivity index (χ0) is 15.9. The monoisotopic (exact) mass is 443 g/mol. The molecule has 2 aliphatic rings. The summed E-state index contributed by atoms with van der Waals surface area (Å²) in [6, 6.07) is 6.44. The lowest BCUT2D eigenvalue weighted by Gasteiger charge is -2.19. The molecule has 0 bridgehead atoms. The van der Waals surface area contributed by atoms with Crippen LogP contribution in [0.4, 0.5) is 5.69 Å². The van der Waals surface area contributed by atoms with E-state index >= 15 is 0 Å². The molecule has 1 aromatic carbocycles. The summed E-state index contributed by atoms with van der Waals surface area (Å²) in [5.41, 5.74) is 10.0. The molecule has 0 saturated heterocycles. The van der Waals surface area contributed by atoms with Crippen molar-refractivity contribution in [2.45, 2.75) is 63.9 Å². The van der Waals surface area contributed by atoms with Gasteiger partial charge < -0.3 is 15.8 Å². The molecular formula is C19H30IN3O. The lowest BCUT2D eigenvalue weighted by Crippen LogP contribution is -2.24. The third kappa shape index (κ3) is 5.62. The van der Waals surface area contributed by atoms with Gasteiger partial charge in [0.2, 0.25) is 0 Å². The number of anilines is 1. The number of rotatable bonds is 6. The van der Waals surface area contributed by atoms with Crippen molar-refractivity contribution in [1.82, 2.24) is 0 Å². The van der Waals surface area contributed by atoms with Gasteiger partial charge in [0.25, 0.3) is 0 Å². The standard InChI is InChI=1S/C19H29N3O.HI/c20-19(21-13-6-14-23-16-9-2-3-10-16)22-18-12-5-8-15-7-1-4-11-17(15)18;/h5,8,12,16H,1-4,6-7,9-11,13-14H2,(H3,20,21,22);1H. The van der Waals surface area contributed by atoms with Crippen LogP contribution in [0.5, 0.6) is 0 Å². The first-order valence-electron chi connectivity index (χ1n) is 9.12. The average Bonchev–Trinajstić information content (AvgIpc) is 3.08. The smallest absolute Gasteiger partial charge is 0.193 e. The Labute approximate surface area is 162 Å². The number of nitrogens with one attached hydrogen (secondary N) is 1. The quantitative estimate of drug-likeness (QED) is 0.299. The summed E-state index contributed by atoms with van der Waals surface area (Å²) in [5, 5.41) is 3.29. The van der Waals surface area contributed by atoms with Gasteiger partial charge in [0.15, 0.2) is 5.96 Å². The zero-order valence-corrected chi connectivity index (χ0v) is 16.8. The van der Waals surface area contributed by atoms with Crippen LogP contribution in [0.1, 0.15) is 56.1 Å². The number of guanidine groups is 1. The Bertz CT molecular complexity index is 541. The van der Waals surface area contributed by atoms with Gasteiger partial charge in [-0.1, -0.05) is 25.0 Å². The van der Waals surface area contributed by atoms with Crippen LogP contribution in [0.25, 0.3) is 0 Å². The number of halogens is 1. The molecule has 0 amide bonds. The third-order valence-electron chi connectivity index (χ3n) is 4.90. The number of nitrogens with two attached hydrogens (primary N) is 1. The molecule has 0 spiro atoms. The van der Waals surface area contributed by atoms with Gasteiger partial charge in [-0.2, -0.15) is 0 Å². The van der Waals surface area contributed by atoms with E-state index in [-0.39, 0.29) is 24.0 Å². The minimum absolute atomic E-state index is 0. The molecule has 0 heterocycles. The molecular weight excluding hydrogens is 413 g/mol. The summed E-state index contributed by atoms with van der Waals surface area (Å²) in [7, 11) is 0. The molecule has 0 unspecified atom stereocenters. The van der Waals surface area contributed by atoms with E-state index in [0.717, 1.165) is 31.7 Å². The average molecular weight is 443 g/mol. The fourth-order valence-corrected chi connectivity index (χ4v) is 3.65. The number of hydrogen-bond acceptors (Lipinski definition) is 2. The van der Waals surface area contributed by atoms with E-state index in [4.69, 9.17) is 10.5 Å². The van der Waals surface area contributed by atoms with Crippen molar-refractivity contribution in [2.24, 2.45) is 10.7 Å². The maximum absolute atomic E-state index is 6.04. The van der Waals surface area contributed by atoms with Crippen LogP contribution in [0, 0.1) is 0 Å². The SMILES string of the molecule is I.NC(=NCCCOC1CCCC1)Nc1cccc2c1CCCC2. The topological polar surface area (TPSA) is 59.6 Å². The second-order valence-electron chi connectivity index (χ2n) is 6.67. The highest BCUT2D eigenvalue weighted by atomic mass is 127. The first-order chi connectivity index (χ1) is 11.3. The van der Waals surface area contributed by atoms with Gasteiger partial charge in [-0.25, -0.2) is 0 Å². The van der Waals surface area contributed by atoms with Crippen molar-refractivity contribution < 1.29 is 4.74 Å². The largest absolute Gasteiger partial charge is 0.378 e. The summed E-state index contributed by atoms with van der Waals surface area (Å²) in [6.45, 7) is 1.52. The molecule has 1 fully saturated rings. The van der Waals surface area contributed by atoms with E-state index in [9.17, 15) is 0 Å². The lowest BCUT2D eigenvalue weighted by atomic mass is 9.90. The first-order valence-corrected chi connectivity index (χ1v) is 9.12. The molecule has 1 saturated carbocycles. The van der Waals surface area contributed by atoms with E-state index in [1.54, 1.807) is 0 Å². The molecule has 3 rings (SSSR count). The maximum atomic E-state index is 6.04. The number of aliphatic imine (C=N–C) groups is 1. The van der Waals surface area contributed by atoms with Crippen molar-refractivity contribution >= 4 is 35.6 Å². The fourth-order valence-electron chi connectivity index (χ4n) is 3.65. The summed E-state index contributed by atoms with van der Waals surface area (Å²) in [6.07, 6.45) is 11.4. The molecule has 134 valence electrons. The van der Waals surface area contributed by atoms with Crippen molar-refractivity contribution in [2.75, 3.05) is 18.5 Å². The molecule has 0 atom stereocenters. The summed E-state index contributed by atoms with van der Waals surface area (Å²) < 4.78 is 5.85. The minimum Gasteiger partial charge on any atom is -0.378 e. The lowest BCUT2D eigenvalue weighted by molar-refractivity contribution is 0.0579. The number of hydrogen-bond donors (Lipinski definition) is 2. The molecule has 24 heavy (non-hydrogen) atoms. The minimum atomic E-state index is 0. The second kappa shape index (κ2) is 10.2. The highest BCUT2D eigenvalue weighted by molar-refractivity contribution is 14.0. The Hall–Kier alpha value is -0.820. The summed E-state index contributed by atoms with van der Waals surface area (Å²) in [4.78, 5) is 4.44. The normalized spacial score (nSPS) is 18.1. The third-order valence-corrected chi connectivity index (χ3v) is 4.90. The van der Waals surface area contributed by atoms with Gasteiger partial charge in [-0.15, -0.1) is 24.0 Å². The predicted molar refractivity (Wildman–Crippen MR) is 111 cm³/mol. The van der Waals surface area contributed by atoms with Crippen molar-refractivity contribution in [3.8, 4) is 0 Å². The van der Waals surface area contributed by atoms with Gasteiger partial charge in [-0.05, 0) is 62.1 Å². The van der Waals surface area contributed by atoms with Gasteiger partial charge in [0.1, 0.15) is 0 Å². The zero-order valence-electron chi connectivity index (χ0n) is 14.4. The number of nitrogens with zero attached hydrogens (tertiary/aromatic N) is 1. The molecule has 1 aromatic rings. The molecule has 5 heteroatoms. The van der Waals surface area contributed by atoms with Crippen LogP contribution in [-0.2, 0) is 17.6 Å². The van der Waals surface area contributed by atoms with E-state index in [1.807, 2.05) is 0 Å². The van der Waals surface area contributed by atoms with Gasteiger partial charge in [0, 0.05) is 18.8 Å². The molecule has 0 aromatic heterocycles. The highest BCUT2D eigenvalue weighted by Crippen LogP contribution is 2.27. The van der Waals surface area contributed by atoms with Gasteiger partial charge in [-0.3, -0.25) is 4.99 Å². The van der Waals surface area contributed by atoms with E-state index in [1.165, 1.54) is 56.1 Å². The predicted octanol–water partition coefficient (Wildman–Crippen LogP) is 4.26. The Kier molecular flexibility index (Phi) is 8.32. The molecule has 2 aliphatic carbocycles. The Morgan fingerprint density at radius 2 is 1.96 bits per heavy atom. The number of benzene rings is 1. The van der Waals surface area contributed by atoms with Crippen LogP contribution in [0.15, 0.2) is 23.2 Å². The van der Waals surface area contributed by atoms with Crippen LogP contribution in [0.3, 0.4) is 0 Å². The van der Waals surface area contributed by atoms with Crippen molar-refractivity contribution in [3.05, 3.63) is 29.3 Å². The summed E-state index contributed by atoms with van der Waals surface area (Å²) in [5.74, 6) is 0.518. The van der Waals surface area contributed by atoms with Crippen molar-refractivity contribution in [1.29, 1.82) is 0 Å². The second-order valence-corrected chi connectivity index (χ2v) is 6.67. The van der Waals surface area contributed by atoms with Crippen LogP contribution >= 0.6 is 24.0 Å². The molecule has 0 aliphatic heterocycles. The van der Waals surface area contributed by atoms with Crippen LogP contribution in [-0.4, -0.2) is 25.2 Å². The van der Waals surface area contributed by atoms with Gasteiger partial charge >= 0.3 is 0 Å². The first kappa shape index (κ1) is 19.5. The van der Waals surface area contributed by atoms with Crippen LogP contribution in [0.2, 0.25) is 0 Å². The highest BCUT2D eigenvalue weighted by Gasteiger charge is 2.15. The maximum Gasteiger partial charge on any atom is 0.193 e. The Balaban J connectivity index is 0.00000208. The van der Waals surface area contributed by atoms with E-state index in [0.29, 0.717) is 12.1 Å². The Morgan fingerprint density at radius 1 is 1.17 bits per heavy atom. The number of ether oxygens (including phenoxy) is 1. The van der Waals surface area contributed by atoms with Gasteiger partial charge in [0.05, 0.1) is 6.10 Å². The Morgan fingerprint density at radius 3 is 2.79 bits per heavy atom. The molecule has 0 radical (unpaired) electrons. The molecule has 4 nitrogen and oxygen atoms in total. The summed E-state index contributed by atoms with van der Waals surface area (Å²) >= 11 is 0. The van der Waals surface area contributed by atoms with E-state index < -0.39 is 0 Å². The number of aryl methyl sites for hydroxylation is 1. The van der Waals surface area contributed by atoms with Crippen LogP contribution < -0.4 is 11.1 Å². The number of fused-ring (bicyclic) bond motifs is 1. The van der Waals surface area contributed by atoms with E-state index in [2.05, 4.69) is 28.5 Å². The fraction of sp³-hybridized carbons (Fsp3) is 0.632.